The quantitative estimate of drug-likeness (QED) is 0.826. The molecule has 4 heteroatoms. The van der Waals surface area contributed by atoms with Gasteiger partial charge in [0.05, 0.1) is 13.0 Å². The molecule has 0 heterocycles. The second-order valence-electron chi connectivity index (χ2n) is 5.56. The minimum Gasteiger partial charge on any atom is -0.491 e. The molecule has 0 saturated heterocycles. The van der Waals surface area contributed by atoms with Gasteiger partial charge in [-0.25, -0.2) is 0 Å². The van der Waals surface area contributed by atoms with Crippen molar-refractivity contribution in [3.8, 4) is 5.75 Å². The van der Waals surface area contributed by atoms with E-state index in [2.05, 4.69) is 5.32 Å². The highest BCUT2D eigenvalue weighted by Gasteiger charge is 2.08. The number of ether oxygens (including phenoxy) is 1. The molecule has 2 aromatic carbocycles. The summed E-state index contributed by atoms with van der Waals surface area (Å²) < 4.78 is 5.47. The van der Waals surface area contributed by atoms with Crippen molar-refractivity contribution in [1.29, 1.82) is 0 Å². The normalized spacial score (nSPS) is 10.4. The van der Waals surface area contributed by atoms with Gasteiger partial charge in [0.25, 0.3) is 0 Å². The molecule has 0 spiro atoms. The van der Waals surface area contributed by atoms with E-state index < -0.39 is 0 Å². The highest BCUT2D eigenvalue weighted by Crippen LogP contribution is 2.18. The number of nitrogens with one attached hydrogen (secondary N) is 1. The van der Waals surface area contributed by atoms with E-state index in [1.807, 2.05) is 56.3 Å². The van der Waals surface area contributed by atoms with Gasteiger partial charge in [-0.3, -0.25) is 4.79 Å². The van der Waals surface area contributed by atoms with Gasteiger partial charge in [-0.2, -0.15) is 0 Å². The highest BCUT2D eigenvalue weighted by atomic mass is 16.5. The van der Waals surface area contributed by atoms with Crippen molar-refractivity contribution in [2.24, 2.45) is 0 Å². The lowest BCUT2D eigenvalue weighted by Crippen LogP contribution is -2.25. The fourth-order valence-electron chi connectivity index (χ4n) is 2.37. The van der Waals surface area contributed by atoms with Crippen LogP contribution in [-0.2, 0) is 17.8 Å². The zero-order valence-electron chi connectivity index (χ0n) is 13.6. The van der Waals surface area contributed by atoms with Crippen LogP contribution in [-0.4, -0.2) is 24.2 Å². The van der Waals surface area contributed by atoms with E-state index in [1.165, 1.54) is 0 Å². The third-order valence-electron chi connectivity index (χ3n) is 3.65. The van der Waals surface area contributed by atoms with E-state index in [-0.39, 0.29) is 19.1 Å². The predicted octanol–water partition coefficient (Wildman–Crippen LogP) is 2.53. The maximum atomic E-state index is 12.2. The number of hydrogen-bond donors (Lipinski definition) is 2. The van der Waals surface area contributed by atoms with Crippen molar-refractivity contribution in [3.05, 3.63) is 64.7 Å². The largest absolute Gasteiger partial charge is 0.491 e. The van der Waals surface area contributed by atoms with Crippen molar-refractivity contribution in [2.45, 2.75) is 26.8 Å². The van der Waals surface area contributed by atoms with Gasteiger partial charge in [0, 0.05) is 12.1 Å². The number of hydrogen-bond acceptors (Lipinski definition) is 3. The van der Waals surface area contributed by atoms with Gasteiger partial charge in [-0.05, 0) is 31.0 Å². The third kappa shape index (κ3) is 5.11. The molecule has 0 aliphatic carbocycles. The average Bonchev–Trinajstić information content (AvgIpc) is 2.55. The summed E-state index contributed by atoms with van der Waals surface area (Å²) in [6, 6.07) is 13.6. The van der Waals surface area contributed by atoms with Crippen LogP contribution in [0.2, 0.25) is 0 Å². The molecule has 1 amide bonds. The molecule has 0 aromatic heterocycles. The Balaban J connectivity index is 1.95. The van der Waals surface area contributed by atoms with E-state index >= 15 is 0 Å². The Kier molecular flexibility index (Phi) is 6.18. The lowest BCUT2D eigenvalue weighted by Gasteiger charge is -2.12. The van der Waals surface area contributed by atoms with E-state index in [0.29, 0.717) is 18.7 Å². The molecule has 2 aromatic rings. The Hall–Kier alpha value is -2.33. The van der Waals surface area contributed by atoms with Crippen molar-refractivity contribution < 1.29 is 14.6 Å². The number of benzene rings is 2. The molecular weight excluding hydrogens is 290 g/mol. The SMILES string of the molecule is Cc1ccc(C)c(CC(=O)NCc2ccccc2OCCO)c1. The van der Waals surface area contributed by atoms with Crippen molar-refractivity contribution >= 4 is 5.91 Å². The smallest absolute Gasteiger partial charge is 0.224 e. The summed E-state index contributed by atoms with van der Waals surface area (Å²) in [5, 5.41) is 11.8. The predicted molar refractivity (Wildman–Crippen MR) is 90.5 cm³/mol. The van der Waals surface area contributed by atoms with Gasteiger partial charge in [0.15, 0.2) is 0 Å². The summed E-state index contributed by atoms with van der Waals surface area (Å²) in [5.41, 5.74) is 4.22. The molecule has 0 bridgehead atoms. The van der Waals surface area contributed by atoms with Crippen LogP contribution in [0.4, 0.5) is 0 Å². The topological polar surface area (TPSA) is 58.6 Å². The van der Waals surface area contributed by atoms with Gasteiger partial charge in [-0.1, -0.05) is 42.0 Å². The zero-order chi connectivity index (χ0) is 16.7. The van der Waals surface area contributed by atoms with E-state index in [0.717, 1.165) is 22.3 Å². The number of aryl methyl sites for hydroxylation is 2. The Labute approximate surface area is 137 Å². The van der Waals surface area contributed by atoms with Crippen LogP contribution in [0.5, 0.6) is 5.75 Å². The van der Waals surface area contributed by atoms with Gasteiger partial charge in [0.2, 0.25) is 5.91 Å². The third-order valence-corrected chi connectivity index (χ3v) is 3.65. The number of aliphatic hydroxyl groups is 1. The van der Waals surface area contributed by atoms with E-state index in [4.69, 9.17) is 9.84 Å². The molecule has 0 atom stereocenters. The van der Waals surface area contributed by atoms with E-state index in [1.54, 1.807) is 0 Å². The van der Waals surface area contributed by atoms with Crippen LogP contribution in [0.15, 0.2) is 42.5 Å². The summed E-state index contributed by atoms with van der Waals surface area (Å²) in [5.74, 6) is 0.671. The standard InChI is InChI=1S/C19H23NO3/c1-14-7-8-15(2)17(11-14)12-19(22)20-13-16-5-3-4-6-18(16)23-10-9-21/h3-8,11,21H,9-10,12-13H2,1-2H3,(H,20,22). The summed E-state index contributed by atoms with van der Waals surface area (Å²) in [6.45, 7) is 4.65. The fourth-order valence-corrected chi connectivity index (χ4v) is 2.37. The lowest BCUT2D eigenvalue weighted by molar-refractivity contribution is -0.120. The molecule has 2 rings (SSSR count). The van der Waals surface area contributed by atoms with Crippen LogP contribution < -0.4 is 10.1 Å². The summed E-state index contributed by atoms with van der Waals surface area (Å²) in [7, 11) is 0. The second kappa shape index (κ2) is 8.34. The number of carbonyl (C=O) groups is 1. The van der Waals surface area contributed by atoms with Gasteiger partial charge in [-0.15, -0.1) is 0 Å². The molecule has 0 unspecified atom stereocenters. The fraction of sp³-hybridized carbons (Fsp3) is 0.316. The molecule has 0 aliphatic rings. The number of aliphatic hydroxyl groups excluding tert-OH is 1. The molecule has 23 heavy (non-hydrogen) atoms. The number of rotatable bonds is 7. The Morgan fingerprint density at radius 3 is 2.70 bits per heavy atom. The van der Waals surface area contributed by atoms with Gasteiger partial charge >= 0.3 is 0 Å². The second-order valence-corrected chi connectivity index (χ2v) is 5.56. The average molecular weight is 313 g/mol. The summed E-state index contributed by atoms with van der Waals surface area (Å²) in [4.78, 5) is 12.2. The molecule has 2 N–H and O–H groups in total. The molecule has 0 saturated carbocycles. The number of amides is 1. The highest BCUT2D eigenvalue weighted by molar-refractivity contribution is 5.79. The van der Waals surface area contributed by atoms with Crippen LogP contribution in [0, 0.1) is 13.8 Å². The van der Waals surface area contributed by atoms with Crippen LogP contribution in [0.25, 0.3) is 0 Å². The Morgan fingerprint density at radius 2 is 1.91 bits per heavy atom. The van der Waals surface area contributed by atoms with Crippen molar-refractivity contribution in [1.82, 2.24) is 5.32 Å². The molecule has 0 fully saturated rings. The monoisotopic (exact) mass is 313 g/mol. The Bertz CT molecular complexity index is 667. The molecule has 122 valence electrons. The van der Waals surface area contributed by atoms with Crippen molar-refractivity contribution in [2.75, 3.05) is 13.2 Å². The van der Waals surface area contributed by atoms with Crippen LogP contribution >= 0.6 is 0 Å². The van der Waals surface area contributed by atoms with Crippen molar-refractivity contribution in [3.63, 3.8) is 0 Å². The Morgan fingerprint density at radius 1 is 1.13 bits per heavy atom. The zero-order valence-corrected chi connectivity index (χ0v) is 13.6. The minimum absolute atomic E-state index is 0.0179. The van der Waals surface area contributed by atoms with Crippen LogP contribution in [0.1, 0.15) is 22.3 Å². The van der Waals surface area contributed by atoms with Gasteiger partial charge < -0.3 is 15.2 Å². The first-order chi connectivity index (χ1) is 11.1. The maximum absolute atomic E-state index is 12.2. The lowest BCUT2D eigenvalue weighted by atomic mass is 10.0. The van der Waals surface area contributed by atoms with Gasteiger partial charge in [0.1, 0.15) is 12.4 Å². The first-order valence-corrected chi connectivity index (χ1v) is 7.74. The number of para-hydroxylation sites is 1. The minimum atomic E-state index is -0.0344. The van der Waals surface area contributed by atoms with E-state index in [9.17, 15) is 4.79 Å². The summed E-state index contributed by atoms with van der Waals surface area (Å²) >= 11 is 0. The van der Waals surface area contributed by atoms with Crippen LogP contribution in [0.3, 0.4) is 0 Å². The summed E-state index contributed by atoms with van der Waals surface area (Å²) in [6.07, 6.45) is 0.368. The molecule has 0 aliphatic heterocycles. The maximum Gasteiger partial charge on any atom is 0.224 e. The molecular formula is C19H23NO3. The number of carbonyl (C=O) groups excluding carboxylic acids is 1. The first kappa shape index (κ1) is 17.0. The molecule has 0 radical (unpaired) electrons. The first-order valence-electron chi connectivity index (χ1n) is 7.74. The molecule has 4 nitrogen and oxygen atoms in total.